The van der Waals surface area contributed by atoms with Gasteiger partial charge >= 0.3 is 12.1 Å². The highest BCUT2D eigenvalue weighted by atomic mass is 16.6. The summed E-state index contributed by atoms with van der Waals surface area (Å²) in [6.45, 7) is 6.09. The Bertz CT molecular complexity index is 1150. The van der Waals surface area contributed by atoms with Crippen molar-refractivity contribution in [2.24, 2.45) is 11.7 Å². The molecule has 1 aromatic carbocycles. The van der Waals surface area contributed by atoms with E-state index in [9.17, 15) is 19.2 Å². The van der Waals surface area contributed by atoms with Gasteiger partial charge in [0.05, 0.1) is 17.7 Å². The minimum absolute atomic E-state index is 0.102. The summed E-state index contributed by atoms with van der Waals surface area (Å²) in [6, 6.07) is 11.1. The molecule has 1 aromatic heterocycles. The Morgan fingerprint density at radius 1 is 1.14 bits per heavy atom. The largest absolute Gasteiger partial charge is 0.466 e. The normalized spacial score (nSPS) is 21.0. The second-order valence-electron chi connectivity index (χ2n) is 9.22. The molecule has 0 aliphatic carbocycles. The number of nitrogens with two attached hydrogens (primary N) is 1. The Balaban J connectivity index is 1.69. The predicted octanol–water partition coefficient (Wildman–Crippen LogP) is 2.56. The zero-order valence-electron chi connectivity index (χ0n) is 20.7. The number of ether oxygens (including phenoxy) is 2. The maximum Gasteiger partial charge on any atom is 0.405 e. The van der Waals surface area contributed by atoms with Gasteiger partial charge in [-0.15, -0.1) is 0 Å². The molecular weight excluding hydrogens is 466 g/mol. The summed E-state index contributed by atoms with van der Waals surface area (Å²) in [5, 5.41) is 0. The van der Waals surface area contributed by atoms with Gasteiger partial charge in [0.15, 0.2) is 6.10 Å². The zero-order valence-corrected chi connectivity index (χ0v) is 20.7. The Morgan fingerprint density at radius 3 is 2.36 bits per heavy atom. The van der Waals surface area contributed by atoms with E-state index in [-0.39, 0.29) is 19.1 Å². The highest BCUT2D eigenvalue weighted by Gasteiger charge is 2.64. The molecular formula is C26H31N3O7. The van der Waals surface area contributed by atoms with Crippen LogP contribution in [0.3, 0.4) is 0 Å². The van der Waals surface area contributed by atoms with E-state index in [2.05, 4.69) is 0 Å². The molecule has 36 heavy (non-hydrogen) atoms. The van der Waals surface area contributed by atoms with Crippen LogP contribution in [0.5, 0.6) is 0 Å². The quantitative estimate of drug-likeness (QED) is 0.607. The average Bonchev–Trinajstić information content (AvgIpc) is 3.29. The molecule has 1 spiro atoms. The van der Waals surface area contributed by atoms with Crippen molar-refractivity contribution in [1.82, 2.24) is 9.80 Å². The van der Waals surface area contributed by atoms with Crippen LogP contribution in [-0.2, 0) is 25.6 Å². The Labute approximate surface area is 209 Å². The third kappa shape index (κ3) is 4.55. The SMILES string of the molecule is CCOC(=O)[C@@H]1[C@@H](OC(N)=O)C(=O)N(Cc2ccccc2)C12CCN(C(=O)c1cc(C)oc1C)CC2. The lowest BCUT2D eigenvalue weighted by Crippen LogP contribution is -2.58. The molecule has 2 aliphatic rings. The third-order valence-corrected chi connectivity index (χ3v) is 7.08. The zero-order chi connectivity index (χ0) is 26.0. The second-order valence-corrected chi connectivity index (χ2v) is 9.22. The summed E-state index contributed by atoms with van der Waals surface area (Å²) < 4.78 is 16.1. The number of aryl methyl sites for hydroxylation is 2. The van der Waals surface area contributed by atoms with E-state index in [1.807, 2.05) is 30.3 Å². The van der Waals surface area contributed by atoms with Crippen LogP contribution in [0, 0.1) is 19.8 Å². The Kier molecular flexibility index (Phi) is 7.05. The van der Waals surface area contributed by atoms with Crippen LogP contribution >= 0.6 is 0 Å². The van der Waals surface area contributed by atoms with Crippen molar-refractivity contribution in [3.63, 3.8) is 0 Å². The molecule has 3 heterocycles. The highest BCUT2D eigenvalue weighted by molar-refractivity contribution is 5.96. The summed E-state index contributed by atoms with van der Waals surface area (Å²) >= 11 is 0. The molecule has 2 atom stereocenters. The highest BCUT2D eigenvalue weighted by Crippen LogP contribution is 2.46. The standard InChI is InChI=1S/C26H31N3O7/c1-4-34-24(32)20-21(36-25(27)33)23(31)29(15-18-8-6-5-7-9-18)26(20)10-12-28(13-11-26)22(30)19-14-16(2)35-17(19)3/h5-9,14,20-21H,4,10-13,15H2,1-3H3,(H2,27,33)/t20-,21+/m0/s1. The van der Waals surface area contributed by atoms with Gasteiger partial charge in [0, 0.05) is 19.6 Å². The summed E-state index contributed by atoms with van der Waals surface area (Å²) in [5.74, 6) is -1.19. The van der Waals surface area contributed by atoms with Crippen LogP contribution in [-0.4, -0.2) is 65.0 Å². The number of hydrogen-bond acceptors (Lipinski definition) is 7. The molecule has 2 aromatic rings. The van der Waals surface area contributed by atoms with E-state index in [0.717, 1.165) is 5.56 Å². The van der Waals surface area contributed by atoms with Gasteiger partial charge in [-0.3, -0.25) is 14.4 Å². The molecule has 2 aliphatic heterocycles. The molecule has 10 heteroatoms. The van der Waals surface area contributed by atoms with Crippen molar-refractivity contribution in [3.8, 4) is 0 Å². The number of benzene rings is 1. The van der Waals surface area contributed by atoms with Crippen molar-refractivity contribution >= 4 is 23.9 Å². The summed E-state index contributed by atoms with van der Waals surface area (Å²) in [7, 11) is 0. The van der Waals surface area contributed by atoms with Crippen molar-refractivity contribution in [2.75, 3.05) is 19.7 Å². The van der Waals surface area contributed by atoms with Gasteiger partial charge in [-0.1, -0.05) is 30.3 Å². The summed E-state index contributed by atoms with van der Waals surface area (Å²) in [5.41, 5.74) is 5.61. The topological polar surface area (TPSA) is 132 Å². The van der Waals surface area contributed by atoms with Gasteiger partial charge in [0.2, 0.25) is 0 Å². The summed E-state index contributed by atoms with van der Waals surface area (Å²) in [6.07, 6.45) is -1.94. The van der Waals surface area contributed by atoms with Crippen LogP contribution in [0.25, 0.3) is 0 Å². The maximum absolute atomic E-state index is 13.6. The number of amides is 3. The van der Waals surface area contributed by atoms with Crippen molar-refractivity contribution < 1.29 is 33.1 Å². The molecule has 0 bridgehead atoms. The molecule has 2 fully saturated rings. The van der Waals surface area contributed by atoms with Gasteiger partial charge in [0.1, 0.15) is 17.4 Å². The number of hydrogen-bond donors (Lipinski definition) is 1. The minimum Gasteiger partial charge on any atom is -0.466 e. The smallest absolute Gasteiger partial charge is 0.405 e. The van der Waals surface area contributed by atoms with Crippen molar-refractivity contribution in [3.05, 3.63) is 59.0 Å². The summed E-state index contributed by atoms with van der Waals surface area (Å²) in [4.78, 5) is 55.0. The van der Waals surface area contributed by atoms with Gasteiger partial charge in [-0.25, -0.2) is 4.79 Å². The fourth-order valence-electron chi connectivity index (χ4n) is 5.48. The fraction of sp³-hybridized carbons (Fsp3) is 0.462. The fourth-order valence-corrected chi connectivity index (χ4v) is 5.48. The van der Waals surface area contributed by atoms with E-state index in [1.54, 1.807) is 36.6 Å². The van der Waals surface area contributed by atoms with Crippen LogP contribution < -0.4 is 5.73 Å². The Morgan fingerprint density at radius 2 is 1.81 bits per heavy atom. The molecule has 10 nitrogen and oxygen atoms in total. The number of rotatable bonds is 6. The number of carbonyl (C=O) groups excluding carboxylic acids is 4. The molecule has 4 rings (SSSR count). The molecule has 0 radical (unpaired) electrons. The monoisotopic (exact) mass is 497 g/mol. The van der Waals surface area contributed by atoms with Gasteiger partial charge in [0.25, 0.3) is 11.8 Å². The van der Waals surface area contributed by atoms with Crippen LogP contribution in [0.4, 0.5) is 4.79 Å². The average molecular weight is 498 g/mol. The third-order valence-electron chi connectivity index (χ3n) is 7.08. The lowest BCUT2D eigenvalue weighted by molar-refractivity contribution is -0.156. The van der Waals surface area contributed by atoms with Crippen LogP contribution in [0.2, 0.25) is 0 Å². The number of esters is 1. The van der Waals surface area contributed by atoms with Crippen molar-refractivity contribution in [1.29, 1.82) is 0 Å². The van der Waals surface area contributed by atoms with E-state index in [4.69, 9.17) is 19.6 Å². The Hall–Kier alpha value is -3.82. The van der Waals surface area contributed by atoms with Crippen LogP contribution in [0.15, 0.2) is 40.8 Å². The number of carbonyl (C=O) groups is 4. The minimum atomic E-state index is -1.40. The molecule has 3 amide bonds. The first-order valence-electron chi connectivity index (χ1n) is 12.0. The lowest BCUT2D eigenvalue weighted by atomic mass is 9.75. The number of nitrogens with zero attached hydrogens (tertiary/aromatic N) is 2. The maximum atomic E-state index is 13.6. The molecule has 0 unspecified atom stereocenters. The van der Waals surface area contributed by atoms with E-state index < -0.39 is 35.5 Å². The van der Waals surface area contributed by atoms with Crippen molar-refractivity contribution in [2.45, 2.75) is 51.8 Å². The molecule has 2 saturated heterocycles. The second kappa shape index (κ2) is 10.0. The number of piperidine rings is 1. The number of furan rings is 1. The molecule has 2 N–H and O–H groups in total. The van der Waals surface area contributed by atoms with E-state index in [0.29, 0.717) is 43.0 Å². The van der Waals surface area contributed by atoms with E-state index in [1.165, 1.54) is 0 Å². The van der Waals surface area contributed by atoms with Crippen LogP contribution in [0.1, 0.15) is 47.2 Å². The first-order chi connectivity index (χ1) is 17.2. The first kappa shape index (κ1) is 25.3. The lowest BCUT2D eigenvalue weighted by Gasteiger charge is -2.46. The number of likely N-dealkylation sites (tertiary alicyclic amines) is 2. The predicted molar refractivity (Wildman–Crippen MR) is 128 cm³/mol. The van der Waals surface area contributed by atoms with Gasteiger partial charge in [-0.05, 0) is 45.2 Å². The van der Waals surface area contributed by atoms with Gasteiger partial charge < -0.3 is 29.4 Å². The number of primary amides is 1. The molecule has 192 valence electrons. The van der Waals surface area contributed by atoms with Gasteiger partial charge in [-0.2, -0.15) is 0 Å². The molecule has 0 saturated carbocycles. The van der Waals surface area contributed by atoms with E-state index >= 15 is 0 Å². The first-order valence-corrected chi connectivity index (χ1v) is 12.0.